The maximum Gasteiger partial charge on any atom is 0.00914 e. The molecule has 0 aromatic carbocycles. The monoisotopic (exact) mass is 198 g/mol. The van der Waals surface area contributed by atoms with Crippen LogP contribution in [-0.2, 0) is 0 Å². The molecule has 1 aliphatic rings. The van der Waals surface area contributed by atoms with Gasteiger partial charge in [-0.15, -0.1) is 0 Å². The average Bonchev–Trinajstić information content (AvgIpc) is 2.21. The third-order valence-electron chi connectivity index (χ3n) is 3.48. The van der Waals surface area contributed by atoms with E-state index in [1.807, 2.05) is 0 Å². The van der Waals surface area contributed by atoms with Crippen molar-refractivity contribution < 1.29 is 0 Å². The van der Waals surface area contributed by atoms with Crippen LogP contribution in [-0.4, -0.2) is 30.6 Å². The molecule has 14 heavy (non-hydrogen) atoms. The molecule has 0 aromatic heterocycles. The summed E-state index contributed by atoms with van der Waals surface area (Å²) in [6.07, 6.45) is 6.50. The lowest BCUT2D eigenvalue weighted by Gasteiger charge is -2.36. The Labute approximate surface area is 88.8 Å². The van der Waals surface area contributed by atoms with E-state index < -0.39 is 0 Å². The van der Waals surface area contributed by atoms with Crippen molar-refractivity contribution in [1.29, 1.82) is 0 Å². The Kier molecular flexibility index (Phi) is 5.49. The topological polar surface area (TPSA) is 29.3 Å². The van der Waals surface area contributed by atoms with Gasteiger partial charge in [0.25, 0.3) is 0 Å². The summed E-state index contributed by atoms with van der Waals surface area (Å²) in [5, 5.41) is 0. The van der Waals surface area contributed by atoms with Crippen LogP contribution in [0.1, 0.15) is 46.0 Å². The normalized spacial score (nSPS) is 29.4. The number of nitrogens with zero attached hydrogens (tertiary/aromatic N) is 1. The lowest BCUT2D eigenvalue weighted by molar-refractivity contribution is 0.150. The standard InChI is InChI=1S/C12H26N2/c1-3-5-6-8-14-9-7-12(13)11(4-2)10-14/h11-12H,3-10,13H2,1-2H3. The summed E-state index contributed by atoms with van der Waals surface area (Å²) in [5.41, 5.74) is 6.08. The molecule has 0 spiro atoms. The van der Waals surface area contributed by atoms with Gasteiger partial charge >= 0.3 is 0 Å². The van der Waals surface area contributed by atoms with E-state index >= 15 is 0 Å². The number of rotatable bonds is 5. The lowest BCUT2D eigenvalue weighted by atomic mass is 9.90. The summed E-state index contributed by atoms with van der Waals surface area (Å²) in [6, 6.07) is 0.461. The Morgan fingerprint density at radius 2 is 2.07 bits per heavy atom. The van der Waals surface area contributed by atoms with E-state index in [0.717, 1.165) is 5.92 Å². The van der Waals surface area contributed by atoms with E-state index in [2.05, 4.69) is 18.7 Å². The molecular formula is C12H26N2. The van der Waals surface area contributed by atoms with Gasteiger partial charge in [0.05, 0.1) is 0 Å². The highest BCUT2D eigenvalue weighted by molar-refractivity contribution is 4.81. The molecule has 0 bridgehead atoms. The van der Waals surface area contributed by atoms with Crippen LogP contribution in [0.15, 0.2) is 0 Å². The zero-order valence-corrected chi connectivity index (χ0v) is 9.84. The van der Waals surface area contributed by atoms with Gasteiger partial charge in [-0.3, -0.25) is 0 Å². The number of nitrogens with two attached hydrogens (primary N) is 1. The zero-order chi connectivity index (χ0) is 10.4. The number of likely N-dealkylation sites (tertiary alicyclic amines) is 1. The molecule has 0 saturated carbocycles. The molecule has 0 aromatic rings. The molecule has 2 nitrogen and oxygen atoms in total. The summed E-state index contributed by atoms with van der Waals surface area (Å²) in [6.45, 7) is 8.28. The maximum atomic E-state index is 6.08. The third-order valence-corrected chi connectivity index (χ3v) is 3.48. The first-order valence-electron chi connectivity index (χ1n) is 6.25. The molecule has 2 unspecified atom stereocenters. The lowest BCUT2D eigenvalue weighted by Crippen LogP contribution is -2.47. The molecule has 0 amide bonds. The van der Waals surface area contributed by atoms with E-state index in [0.29, 0.717) is 6.04 Å². The molecule has 2 heteroatoms. The molecule has 2 atom stereocenters. The fraction of sp³-hybridized carbons (Fsp3) is 1.00. The van der Waals surface area contributed by atoms with Gasteiger partial charge in [-0.25, -0.2) is 0 Å². The molecule has 1 heterocycles. The minimum absolute atomic E-state index is 0.461. The molecule has 1 saturated heterocycles. The Morgan fingerprint density at radius 1 is 1.29 bits per heavy atom. The first-order chi connectivity index (χ1) is 6.77. The van der Waals surface area contributed by atoms with Crippen molar-refractivity contribution >= 4 is 0 Å². The predicted molar refractivity (Wildman–Crippen MR) is 62.3 cm³/mol. The predicted octanol–water partition coefficient (Wildman–Crippen LogP) is 2.24. The summed E-state index contributed by atoms with van der Waals surface area (Å²) < 4.78 is 0. The summed E-state index contributed by atoms with van der Waals surface area (Å²) in [5.74, 6) is 0.741. The Balaban J connectivity index is 2.21. The van der Waals surface area contributed by atoms with Crippen LogP contribution in [0.2, 0.25) is 0 Å². The Hall–Kier alpha value is -0.0800. The smallest absolute Gasteiger partial charge is 0.00914 e. The van der Waals surface area contributed by atoms with Crippen LogP contribution in [0.5, 0.6) is 0 Å². The van der Waals surface area contributed by atoms with Gasteiger partial charge < -0.3 is 10.6 Å². The van der Waals surface area contributed by atoms with Crippen LogP contribution in [0.3, 0.4) is 0 Å². The zero-order valence-electron chi connectivity index (χ0n) is 9.84. The minimum atomic E-state index is 0.461. The second-order valence-electron chi connectivity index (χ2n) is 4.63. The molecule has 1 fully saturated rings. The van der Waals surface area contributed by atoms with Crippen LogP contribution in [0.4, 0.5) is 0 Å². The highest BCUT2D eigenvalue weighted by Crippen LogP contribution is 2.18. The summed E-state index contributed by atoms with van der Waals surface area (Å²) >= 11 is 0. The molecular weight excluding hydrogens is 172 g/mol. The summed E-state index contributed by atoms with van der Waals surface area (Å²) in [4.78, 5) is 2.60. The van der Waals surface area contributed by atoms with Crippen molar-refractivity contribution in [2.75, 3.05) is 19.6 Å². The van der Waals surface area contributed by atoms with Crippen molar-refractivity contribution in [1.82, 2.24) is 4.90 Å². The SMILES string of the molecule is CCCCCN1CCC(N)C(CC)C1. The van der Waals surface area contributed by atoms with Gasteiger partial charge in [-0.05, 0) is 31.8 Å². The first-order valence-corrected chi connectivity index (χ1v) is 6.25. The second-order valence-corrected chi connectivity index (χ2v) is 4.63. The molecule has 0 radical (unpaired) electrons. The van der Waals surface area contributed by atoms with E-state index in [9.17, 15) is 0 Å². The van der Waals surface area contributed by atoms with Crippen molar-refractivity contribution in [3.05, 3.63) is 0 Å². The average molecular weight is 198 g/mol. The number of unbranched alkanes of at least 4 members (excludes halogenated alkanes) is 2. The van der Waals surface area contributed by atoms with Crippen LogP contribution in [0, 0.1) is 5.92 Å². The highest BCUT2D eigenvalue weighted by atomic mass is 15.1. The second kappa shape index (κ2) is 6.41. The van der Waals surface area contributed by atoms with Gasteiger partial charge in [-0.1, -0.05) is 33.1 Å². The van der Waals surface area contributed by atoms with E-state index in [1.54, 1.807) is 0 Å². The molecule has 1 aliphatic heterocycles. The molecule has 1 rings (SSSR count). The highest BCUT2D eigenvalue weighted by Gasteiger charge is 2.24. The van der Waals surface area contributed by atoms with Crippen molar-refractivity contribution in [3.63, 3.8) is 0 Å². The maximum absolute atomic E-state index is 6.08. The van der Waals surface area contributed by atoms with Crippen molar-refractivity contribution in [3.8, 4) is 0 Å². The number of piperidine rings is 1. The quantitative estimate of drug-likeness (QED) is 0.686. The first kappa shape index (κ1) is 12.0. The largest absolute Gasteiger partial charge is 0.327 e. The molecule has 84 valence electrons. The third kappa shape index (κ3) is 3.58. The molecule has 2 N–H and O–H groups in total. The van der Waals surface area contributed by atoms with Crippen LogP contribution in [0.25, 0.3) is 0 Å². The van der Waals surface area contributed by atoms with E-state index in [1.165, 1.54) is 51.7 Å². The van der Waals surface area contributed by atoms with Gasteiger partial charge in [0, 0.05) is 12.6 Å². The fourth-order valence-electron chi connectivity index (χ4n) is 2.35. The fourth-order valence-corrected chi connectivity index (χ4v) is 2.35. The van der Waals surface area contributed by atoms with Gasteiger partial charge in [-0.2, -0.15) is 0 Å². The van der Waals surface area contributed by atoms with Crippen LogP contribution < -0.4 is 5.73 Å². The molecule has 0 aliphatic carbocycles. The van der Waals surface area contributed by atoms with Crippen molar-refractivity contribution in [2.24, 2.45) is 11.7 Å². The number of hydrogen-bond acceptors (Lipinski definition) is 2. The Bertz CT molecular complexity index is 147. The van der Waals surface area contributed by atoms with Crippen molar-refractivity contribution in [2.45, 2.75) is 52.0 Å². The number of hydrogen-bond donors (Lipinski definition) is 1. The van der Waals surface area contributed by atoms with Crippen LogP contribution >= 0.6 is 0 Å². The van der Waals surface area contributed by atoms with E-state index in [-0.39, 0.29) is 0 Å². The van der Waals surface area contributed by atoms with E-state index in [4.69, 9.17) is 5.73 Å². The Morgan fingerprint density at radius 3 is 2.71 bits per heavy atom. The minimum Gasteiger partial charge on any atom is -0.327 e. The summed E-state index contributed by atoms with van der Waals surface area (Å²) in [7, 11) is 0. The van der Waals surface area contributed by atoms with Gasteiger partial charge in [0.2, 0.25) is 0 Å². The van der Waals surface area contributed by atoms with Gasteiger partial charge in [0.15, 0.2) is 0 Å². The van der Waals surface area contributed by atoms with Gasteiger partial charge in [0.1, 0.15) is 0 Å².